The summed E-state index contributed by atoms with van der Waals surface area (Å²) in [4.78, 5) is 23.2. The maximum Gasteiger partial charge on any atom is 0.280 e. The summed E-state index contributed by atoms with van der Waals surface area (Å²) < 4.78 is 1.53. The first-order valence-electron chi connectivity index (χ1n) is 11.5. The first-order valence-corrected chi connectivity index (χ1v) is 11.5. The second kappa shape index (κ2) is 10.1. The van der Waals surface area contributed by atoms with Crippen LogP contribution in [0.4, 0.5) is 11.4 Å². The Hall–Kier alpha value is -4.97. The summed E-state index contributed by atoms with van der Waals surface area (Å²) in [6.45, 7) is 1.87. The zero-order valence-electron chi connectivity index (χ0n) is 19.7. The molecule has 176 valence electrons. The van der Waals surface area contributed by atoms with E-state index in [2.05, 4.69) is 10.1 Å². The number of aromatic hydroxyl groups is 1. The fourth-order valence-electron chi connectivity index (χ4n) is 3.97. The van der Waals surface area contributed by atoms with Crippen LogP contribution in [0, 0.1) is 6.92 Å². The molecule has 0 aliphatic heterocycles. The van der Waals surface area contributed by atoms with Crippen LogP contribution in [0.25, 0.3) is 5.69 Å². The van der Waals surface area contributed by atoms with Crippen molar-refractivity contribution >= 4 is 23.3 Å². The van der Waals surface area contributed by atoms with E-state index in [0.717, 1.165) is 11.3 Å². The maximum absolute atomic E-state index is 13.6. The van der Waals surface area contributed by atoms with Gasteiger partial charge in [-0.15, -0.1) is 0 Å². The fourth-order valence-corrected chi connectivity index (χ4v) is 3.97. The van der Waals surface area contributed by atoms with Crippen LogP contribution in [-0.2, 0) is 0 Å². The van der Waals surface area contributed by atoms with Gasteiger partial charge < -0.3 is 5.11 Å². The highest BCUT2D eigenvalue weighted by Crippen LogP contribution is 2.30. The van der Waals surface area contributed by atoms with Gasteiger partial charge in [0.05, 0.1) is 28.3 Å². The molecule has 0 bridgehead atoms. The van der Waals surface area contributed by atoms with Gasteiger partial charge in [0, 0.05) is 23.0 Å². The van der Waals surface area contributed by atoms with Crippen molar-refractivity contribution in [3.05, 3.63) is 142 Å². The Balaban J connectivity index is 1.66. The molecule has 0 fully saturated rings. The molecule has 6 heteroatoms. The minimum atomic E-state index is -0.184. The summed E-state index contributed by atoms with van der Waals surface area (Å²) in [5.41, 5.74) is 4.96. The summed E-state index contributed by atoms with van der Waals surface area (Å²) in [6.07, 6.45) is 1.61. The molecule has 0 radical (unpaired) electrons. The molecule has 0 spiro atoms. The van der Waals surface area contributed by atoms with E-state index in [1.807, 2.05) is 97.9 Å². The fraction of sp³-hybridized carbons (Fsp3) is 0.0333. The highest BCUT2D eigenvalue weighted by Gasteiger charge is 2.20. The van der Waals surface area contributed by atoms with Gasteiger partial charge in [-0.25, -0.2) is 9.67 Å². The number of aryl methyl sites for hydroxylation is 1. The number of aliphatic imine (C=N–C) groups is 2. The number of hydrogen-bond donors (Lipinski definition) is 2. The van der Waals surface area contributed by atoms with Crippen molar-refractivity contribution in [2.45, 2.75) is 6.92 Å². The Kier molecular flexibility index (Phi) is 6.40. The van der Waals surface area contributed by atoms with E-state index in [4.69, 9.17) is 4.99 Å². The molecule has 0 aliphatic carbocycles. The molecule has 0 atom stereocenters. The topological polar surface area (TPSA) is 82.7 Å². The SMILES string of the molecule is Cc1[nH]n(-c2ccccc2)c(=O)c1C(=Nc1ccccc1N=Cc1ccccc1O)c1ccccc1. The quantitative estimate of drug-likeness (QED) is 0.293. The van der Waals surface area contributed by atoms with Gasteiger partial charge in [0.25, 0.3) is 5.56 Å². The summed E-state index contributed by atoms with van der Waals surface area (Å²) in [5.74, 6) is 0.150. The molecule has 0 saturated heterocycles. The highest BCUT2D eigenvalue weighted by atomic mass is 16.3. The average molecular weight is 473 g/mol. The third-order valence-electron chi connectivity index (χ3n) is 5.76. The second-order valence-corrected chi connectivity index (χ2v) is 8.22. The lowest BCUT2D eigenvalue weighted by atomic mass is 10.0. The standard InChI is InChI=1S/C30H24N4O2/c1-21-28(30(36)34(33-21)24-15-6-3-7-16-24)29(22-12-4-2-5-13-22)32-26-18-10-9-17-25(26)31-20-23-14-8-11-19-27(23)35/h2-20,33,35H,1H3. The number of aromatic amines is 1. The van der Waals surface area contributed by atoms with Gasteiger partial charge >= 0.3 is 0 Å². The van der Waals surface area contributed by atoms with Crippen LogP contribution in [-0.4, -0.2) is 26.8 Å². The molecule has 1 aromatic heterocycles. The van der Waals surface area contributed by atoms with Gasteiger partial charge in [0.1, 0.15) is 5.75 Å². The number of nitrogens with zero attached hydrogens (tertiary/aromatic N) is 3. The normalized spacial score (nSPS) is 11.8. The molecule has 1 heterocycles. The Bertz CT molecular complexity index is 1610. The number of rotatable bonds is 6. The number of hydrogen-bond acceptors (Lipinski definition) is 4. The molecule has 0 saturated carbocycles. The third-order valence-corrected chi connectivity index (χ3v) is 5.76. The summed E-state index contributed by atoms with van der Waals surface area (Å²) >= 11 is 0. The Morgan fingerprint density at radius 2 is 1.42 bits per heavy atom. The highest BCUT2D eigenvalue weighted by molar-refractivity contribution is 6.14. The van der Waals surface area contributed by atoms with Crippen molar-refractivity contribution in [1.29, 1.82) is 0 Å². The van der Waals surface area contributed by atoms with Crippen LogP contribution in [0.3, 0.4) is 0 Å². The van der Waals surface area contributed by atoms with Gasteiger partial charge in [-0.2, -0.15) is 0 Å². The first-order chi connectivity index (χ1) is 17.6. The number of aromatic nitrogens is 2. The number of H-pyrrole nitrogens is 1. The molecular formula is C30H24N4O2. The molecule has 0 amide bonds. The van der Waals surface area contributed by atoms with E-state index in [1.54, 1.807) is 24.4 Å². The van der Waals surface area contributed by atoms with E-state index < -0.39 is 0 Å². The van der Waals surface area contributed by atoms with Gasteiger partial charge in [-0.3, -0.25) is 14.9 Å². The summed E-state index contributed by atoms with van der Waals surface area (Å²) in [6, 6.07) is 33.6. The van der Waals surface area contributed by atoms with E-state index >= 15 is 0 Å². The summed E-state index contributed by atoms with van der Waals surface area (Å²) in [7, 11) is 0. The van der Waals surface area contributed by atoms with E-state index in [-0.39, 0.29) is 11.3 Å². The first kappa shape index (κ1) is 22.8. The van der Waals surface area contributed by atoms with E-state index in [9.17, 15) is 9.90 Å². The van der Waals surface area contributed by atoms with E-state index in [1.165, 1.54) is 4.68 Å². The number of phenols is 1. The van der Waals surface area contributed by atoms with Gasteiger partial charge in [-0.05, 0) is 43.3 Å². The zero-order chi connectivity index (χ0) is 24.9. The Morgan fingerprint density at radius 1 is 0.806 bits per heavy atom. The summed E-state index contributed by atoms with van der Waals surface area (Å²) in [5, 5.41) is 13.3. The minimum Gasteiger partial charge on any atom is -0.507 e. The van der Waals surface area contributed by atoms with Gasteiger partial charge in [0.15, 0.2) is 0 Å². The lowest BCUT2D eigenvalue weighted by Crippen LogP contribution is -2.21. The predicted octanol–water partition coefficient (Wildman–Crippen LogP) is 6.10. The van der Waals surface area contributed by atoms with Gasteiger partial charge in [0.2, 0.25) is 0 Å². The number of nitrogens with one attached hydrogen (secondary N) is 1. The maximum atomic E-state index is 13.6. The molecule has 4 aromatic carbocycles. The minimum absolute atomic E-state index is 0.150. The van der Waals surface area contributed by atoms with Gasteiger partial charge in [-0.1, -0.05) is 72.8 Å². The van der Waals surface area contributed by atoms with Crippen molar-refractivity contribution in [2.75, 3.05) is 0 Å². The van der Waals surface area contributed by atoms with Crippen LogP contribution in [0.2, 0.25) is 0 Å². The van der Waals surface area contributed by atoms with E-state index in [0.29, 0.717) is 33.9 Å². The van der Waals surface area contributed by atoms with Crippen molar-refractivity contribution in [3.8, 4) is 11.4 Å². The third kappa shape index (κ3) is 4.65. The monoisotopic (exact) mass is 472 g/mol. The zero-order valence-corrected chi connectivity index (χ0v) is 19.7. The van der Waals surface area contributed by atoms with Crippen molar-refractivity contribution in [3.63, 3.8) is 0 Å². The molecule has 5 rings (SSSR count). The number of benzene rings is 4. The van der Waals surface area contributed by atoms with Crippen molar-refractivity contribution in [1.82, 2.24) is 9.78 Å². The van der Waals surface area contributed by atoms with Crippen molar-refractivity contribution < 1.29 is 5.11 Å². The van der Waals surface area contributed by atoms with Crippen LogP contribution >= 0.6 is 0 Å². The molecule has 5 aromatic rings. The Morgan fingerprint density at radius 3 is 2.14 bits per heavy atom. The van der Waals surface area contributed by atoms with Crippen LogP contribution in [0.1, 0.15) is 22.4 Å². The molecule has 0 aliphatic rings. The second-order valence-electron chi connectivity index (χ2n) is 8.22. The Labute approximate surface area is 208 Å². The van der Waals surface area contributed by atoms with Crippen molar-refractivity contribution in [2.24, 2.45) is 9.98 Å². The lowest BCUT2D eigenvalue weighted by molar-refractivity contribution is 0.474. The largest absolute Gasteiger partial charge is 0.507 e. The molecule has 36 heavy (non-hydrogen) atoms. The number of para-hydroxylation sites is 4. The molecule has 0 unspecified atom stereocenters. The smallest absolute Gasteiger partial charge is 0.280 e. The molecule has 6 nitrogen and oxygen atoms in total. The van der Waals surface area contributed by atoms with Crippen LogP contribution < -0.4 is 5.56 Å². The predicted molar refractivity (Wildman–Crippen MR) is 145 cm³/mol. The number of phenolic OH excluding ortho intramolecular Hbond substituents is 1. The average Bonchev–Trinajstić information content (AvgIpc) is 3.22. The van der Waals surface area contributed by atoms with Crippen LogP contribution in [0.5, 0.6) is 5.75 Å². The molecular weight excluding hydrogens is 448 g/mol. The molecule has 2 N–H and O–H groups in total. The van der Waals surface area contributed by atoms with Crippen LogP contribution in [0.15, 0.2) is 124 Å². The lowest BCUT2D eigenvalue weighted by Gasteiger charge is -2.08.